The highest BCUT2D eigenvalue weighted by atomic mass is 79.9. The highest BCUT2D eigenvalue weighted by Crippen LogP contribution is 2.63. The largest absolute Gasteiger partial charge is 0.0891 e. The van der Waals surface area contributed by atoms with Gasteiger partial charge in [0.15, 0.2) is 0 Å². The van der Waals surface area contributed by atoms with Crippen molar-refractivity contribution in [3.05, 3.63) is 0 Å². The minimum atomic E-state index is 0.627. The van der Waals surface area contributed by atoms with Crippen molar-refractivity contribution in [3.8, 4) is 0 Å². The van der Waals surface area contributed by atoms with E-state index in [9.17, 15) is 0 Å². The van der Waals surface area contributed by atoms with Gasteiger partial charge >= 0.3 is 0 Å². The van der Waals surface area contributed by atoms with E-state index in [1.807, 2.05) is 0 Å². The third-order valence-corrected chi connectivity index (χ3v) is 6.95. The summed E-state index contributed by atoms with van der Waals surface area (Å²) in [7, 11) is 0. The molecule has 0 N–H and O–H groups in total. The molecule has 0 aromatic carbocycles. The summed E-state index contributed by atoms with van der Waals surface area (Å²) in [5, 5.41) is 0. The maximum Gasteiger partial charge on any atom is 0.0148 e. The second-order valence-electron chi connectivity index (χ2n) is 7.06. The fourth-order valence-corrected chi connectivity index (χ4v) is 6.05. The van der Waals surface area contributed by atoms with Gasteiger partial charge in [-0.2, -0.15) is 0 Å². The molecule has 3 saturated carbocycles. The highest BCUT2D eigenvalue weighted by molar-refractivity contribution is 9.09. The van der Waals surface area contributed by atoms with Crippen LogP contribution in [0.5, 0.6) is 0 Å². The Balaban J connectivity index is 1.89. The molecular weight excluding hydrogens is 260 g/mol. The number of halogens is 1. The van der Waals surface area contributed by atoms with E-state index < -0.39 is 0 Å². The monoisotopic (exact) mass is 284 g/mol. The average Bonchev–Trinajstić information content (AvgIpc) is 2.49. The minimum absolute atomic E-state index is 0.627. The maximum absolute atomic E-state index is 3.88. The molecule has 0 saturated heterocycles. The third kappa shape index (κ3) is 1.61. The summed E-state index contributed by atoms with van der Waals surface area (Å²) < 4.78 is 0. The molecule has 3 aliphatic carbocycles. The van der Waals surface area contributed by atoms with Gasteiger partial charge in [0.25, 0.3) is 0 Å². The summed E-state index contributed by atoms with van der Waals surface area (Å²) in [5.74, 6) is 4.23. The lowest BCUT2D eigenvalue weighted by Crippen LogP contribution is -2.31. The molecule has 3 rings (SSSR count). The summed E-state index contributed by atoms with van der Waals surface area (Å²) in [6, 6.07) is 0. The lowest BCUT2D eigenvalue weighted by atomic mass is 9.68. The topological polar surface area (TPSA) is 0 Å². The van der Waals surface area contributed by atoms with Crippen molar-refractivity contribution in [3.63, 3.8) is 0 Å². The molecule has 16 heavy (non-hydrogen) atoms. The lowest BCUT2D eigenvalue weighted by Gasteiger charge is -2.38. The van der Waals surface area contributed by atoms with Crippen molar-refractivity contribution in [2.75, 3.05) is 0 Å². The van der Waals surface area contributed by atoms with Gasteiger partial charge in [0.1, 0.15) is 0 Å². The van der Waals surface area contributed by atoms with Gasteiger partial charge in [-0.3, -0.25) is 0 Å². The van der Waals surface area contributed by atoms with Crippen LogP contribution in [0, 0.1) is 29.1 Å². The number of hydrogen-bond acceptors (Lipinski definition) is 0. The molecule has 0 aromatic rings. The molecule has 0 bridgehead atoms. The van der Waals surface area contributed by atoms with E-state index in [-0.39, 0.29) is 0 Å². The van der Waals surface area contributed by atoms with Gasteiger partial charge in [0.05, 0.1) is 0 Å². The highest BCUT2D eigenvalue weighted by Gasteiger charge is 2.56. The predicted octanol–water partition coefficient (Wildman–Crippen LogP) is 5.01. The summed E-state index contributed by atoms with van der Waals surface area (Å²) in [5.41, 5.74) is 0.627. The Morgan fingerprint density at radius 1 is 0.875 bits per heavy atom. The van der Waals surface area contributed by atoms with E-state index in [2.05, 4.69) is 29.8 Å². The lowest BCUT2D eigenvalue weighted by molar-refractivity contribution is 0.126. The number of fused-ring (bicyclic) bond motifs is 3. The van der Waals surface area contributed by atoms with E-state index in [0.29, 0.717) is 5.41 Å². The van der Waals surface area contributed by atoms with Crippen LogP contribution in [-0.2, 0) is 0 Å². The van der Waals surface area contributed by atoms with E-state index in [1.54, 1.807) is 6.42 Å². The van der Waals surface area contributed by atoms with E-state index >= 15 is 0 Å². The van der Waals surface area contributed by atoms with Crippen molar-refractivity contribution in [1.29, 1.82) is 0 Å². The Hall–Kier alpha value is 0.480. The Bertz CT molecular complexity index is 271. The Morgan fingerprint density at radius 3 is 2.38 bits per heavy atom. The molecular formula is C15H25Br. The number of hydrogen-bond donors (Lipinski definition) is 0. The van der Waals surface area contributed by atoms with Crippen molar-refractivity contribution in [1.82, 2.24) is 0 Å². The molecule has 5 atom stereocenters. The van der Waals surface area contributed by atoms with Crippen LogP contribution in [0.2, 0.25) is 0 Å². The van der Waals surface area contributed by atoms with Crippen LogP contribution < -0.4 is 0 Å². The zero-order chi connectivity index (χ0) is 11.3. The number of alkyl halides is 1. The fraction of sp³-hybridized carbons (Fsp3) is 1.00. The van der Waals surface area contributed by atoms with Crippen molar-refractivity contribution < 1.29 is 0 Å². The van der Waals surface area contributed by atoms with Crippen LogP contribution in [0.15, 0.2) is 0 Å². The van der Waals surface area contributed by atoms with Crippen LogP contribution in [0.1, 0.15) is 58.8 Å². The van der Waals surface area contributed by atoms with Crippen LogP contribution in [0.4, 0.5) is 0 Å². The molecule has 3 aliphatic rings. The first-order chi connectivity index (χ1) is 7.60. The summed E-state index contributed by atoms with van der Waals surface area (Å²) in [4.78, 5) is 0.813. The van der Waals surface area contributed by atoms with Crippen molar-refractivity contribution >= 4 is 15.9 Å². The van der Waals surface area contributed by atoms with Crippen LogP contribution in [0.3, 0.4) is 0 Å². The van der Waals surface area contributed by atoms with E-state index in [1.165, 1.54) is 38.5 Å². The first kappa shape index (κ1) is 11.6. The van der Waals surface area contributed by atoms with Gasteiger partial charge in [-0.05, 0) is 61.2 Å². The second kappa shape index (κ2) is 4.00. The smallest absolute Gasteiger partial charge is 0.0148 e. The molecule has 5 unspecified atom stereocenters. The Kier molecular flexibility index (Phi) is 2.89. The first-order valence-corrected chi connectivity index (χ1v) is 8.16. The predicted molar refractivity (Wildman–Crippen MR) is 72.8 cm³/mol. The Labute approximate surface area is 109 Å². The summed E-state index contributed by atoms with van der Waals surface area (Å²) in [6.45, 7) is 5.15. The second-order valence-corrected chi connectivity index (χ2v) is 8.35. The molecule has 3 fully saturated rings. The van der Waals surface area contributed by atoms with Gasteiger partial charge in [-0.25, -0.2) is 0 Å². The third-order valence-electron chi connectivity index (χ3n) is 6.12. The van der Waals surface area contributed by atoms with Gasteiger partial charge in [0, 0.05) is 4.83 Å². The number of rotatable bonds is 0. The quantitative estimate of drug-likeness (QED) is 0.549. The van der Waals surface area contributed by atoms with E-state index in [0.717, 1.165) is 28.5 Å². The molecule has 0 amide bonds. The van der Waals surface area contributed by atoms with Crippen LogP contribution >= 0.6 is 15.9 Å². The van der Waals surface area contributed by atoms with E-state index in [4.69, 9.17) is 0 Å². The first-order valence-electron chi connectivity index (χ1n) is 7.25. The van der Waals surface area contributed by atoms with Crippen LogP contribution in [0.25, 0.3) is 0 Å². The van der Waals surface area contributed by atoms with Gasteiger partial charge in [0.2, 0.25) is 0 Å². The molecule has 0 radical (unpaired) electrons. The molecule has 0 aromatic heterocycles. The van der Waals surface area contributed by atoms with Gasteiger partial charge in [-0.1, -0.05) is 42.6 Å². The van der Waals surface area contributed by atoms with Gasteiger partial charge in [-0.15, -0.1) is 0 Å². The fourth-order valence-electron chi connectivity index (χ4n) is 5.38. The van der Waals surface area contributed by atoms with Crippen molar-refractivity contribution in [2.45, 2.75) is 63.6 Å². The van der Waals surface area contributed by atoms with Gasteiger partial charge < -0.3 is 0 Å². The zero-order valence-electron chi connectivity index (χ0n) is 10.7. The summed E-state index contributed by atoms with van der Waals surface area (Å²) >= 11 is 3.88. The van der Waals surface area contributed by atoms with Crippen molar-refractivity contribution in [2.24, 2.45) is 29.1 Å². The SMILES string of the molecule is CC1(C)C2CCCCC2C2CCC(Br)CC21. The molecule has 92 valence electrons. The minimum Gasteiger partial charge on any atom is -0.0891 e. The molecule has 0 spiro atoms. The van der Waals surface area contributed by atoms with Crippen LogP contribution in [-0.4, -0.2) is 4.83 Å². The molecule has 0 aliphatic heterocycles. The zero-order valence-corrected chi connectivity index (χ0v) is 12.3. The molecule has 0 nitrogen and oxygen atoms in total. The molecule has 1 heteroatoms. The Morgan fingerprint density at radius 2 is 1.56 bits per heavy atom. The summed E-state index contributed by atoms with van der Waals surface area (Å²) in [6.07, 6.45) is 10.5. The normalized spacial score (nSPS) is 50.8. The maximum atomic E-state index is 3.88. The average molecular weight is 285 g/mol. The standard InChI is InChI=1S/C15H25Br/c1-15(2)13-6-4-3-5-11(13)12-8-7-10(16)9-14(12)15/h10-14H,3-9H2,1-2H3. The molecule has 0 heterocycles.